The number of hydrogen-bond acceptors (Lipinski definition) is 3. The minimum Gasteiger partial charge on any atom is -0.338 e. The summed E-state index contributed by atoms with van der Waals surface area (Å²) in [7, 11) is 1.91. The first-order chi connectivity index (χ1) is 7.70. The molecule has 3 nitrogen and oxygen atoms in total. The maximum atomic E-state index is 12.2. The zero-order valence-corrected chi connectivity index (χ0v) is 11.6. The van der Waals surface area contributed by atoms with Crippen LogP contribution in [-0.4, -0.2) is 37.0 Å². The highest BCUT2D eigenvalue weighted by molar-refractivity contribution is 9.10. The molecule has 0 aromatic carbocycles. The molecule has 0 radical (unpaired) electrons. The van der Waals surface area contributed by atoms with E-state index in [4.69, 9.17) is 0 Å². The summed E-state index contributed by atoms with van der Waals surface area (Å²) in [6.45, 7) is 2.02. The molecule has 1 aromatic rings. The fourth-order valence-corrected chi connectivity index (χ4v) is 3.49. The molecule has 1 fully saturated rings. The fourth-order valence-electron chi connectivity index (χ4n) is 1.97. The molecule has 0 aliphatic carbocycles. The van der Waals surface area contributed by atoms with Crippen LogP contribution in [0.3, 0.4) is 0 Å². The third-order valence-electron chi connectivity index (χ3n) is 2.99. The van der Waals surface area contributed by atoms with Crippen molar-refractivity contribution in [2.75, 3.05) is 20.1 Å². The smallest absolute Gasteiger partial charge is 0.265 e. The van der Waals surface area contributed by atoms with E-state index in [1.807, 2.05) is 23.4 Å². The Hall–Kier alpha value is -0.390. The lowest BCUT2D eigenvalue weighted by molar-refractivity contribution is 0.0707. The second-order valence-electron chi connectivity index (χ2n) is 3.99. The zero-order chi connectivity index (χ0) is 11.5. The summed E-state index contributed by atoms with van der Waals surface area (Å²) in [6, 6.07) is 2.30. The van der Waals surface area contributed by atoms with Gasteiger partial charge in [-0.15, -0.1) is 11.3 Å². The van der Waals surface area contributed by atoms with Crippen LogP contribution in [0.2, 0.25) is 0 Å². The van der Waals surface area contributed by atoms with Crippen molar-refractivity contribution < 1.29 is 4.79 Å². The first-order valence-corrected chi connectivity index (χ1v) is 7.08. The van der Waals surface area contributed by atoms with Crippen LogP contribution in [0.1, 0.15) is 22.5 Å². The first-order valence-electron chi connectivity index (χ1n) is 5.41. The van der Waals surface area contributed by atoms with Crippen molar-refractivity contribution >= 4 is 33.2 Å². The summed E-state index contributed by atoms with van der Waals surface area (Å²) in [4.78, 5) is 14.9. The molecule has 2 rings (SSSR count). The quantitative estimate of drug-likeness (QED) is 0.909. The van der Waals surface area contributed by atoms with E-state index in [1.54, 1.807) is 0 Å². The van der Waals surface area contributed by atoms with Crippen LogP contribution in [0, 0.1) is 0 Å². The van der Waals surface area contributed by atoms with Gasteiger partial charge in [0.05, 0.1) is 0 Å². The number of carbonyl (C=O) groups excluding carboxylic acids is 1. The summed E-state index contributed by atoms with van der Waals surface area (Å²) in [5.74, 6) is 0.133. The lowest BCUT2D eigenvalue weighted by Crippen LogP contribution is -2.43. The number of halogens is 1. The summed E-state index contributed by atoms with van der Waals surface area (Å²) >= 11 is 4.91. The average Bonchev–Trinajstić information content (AvgIpc) is 2.75. The van der Waals surface area contributed by atoms with Gasteiger partial charge < -0.3 is 10.2 Å². The molecule has 1 aliphatic heterocycles. The van der Waals surface area contributed by atoms with Crippen LogP contribution >= 0.6 is 27.3 Å². The number of hydrogen-bond donors (Lipinski definition) is 1. The molecular weight excluding hydrogens is 288 g/mol. The Labute approximate surface area is 108 Å². The summed E-state index contributed by atoms with van der Waals surface area (Å²) in [6.07, 6.45) is 2.09. The van der Waals surface area contributed by atoms with Crippen molar-refractivity contribution in [3.63, 3.8) is 0 Å². The fraction of sp³-hybridized carbons (Fsp3) is 0.545. The van der Waals surface area contributed by atoms with Crippen LogP contribution < -0.4 is 5.32 Å². The molecule has 0 unspecified atom stereocenters. The SMILES string of the molecule is CN(C(=O)c1sccc1Br)C1CCNCC1. The molecule has 0 spiro atoms. The van der Waals surface area contributed by atoms with Gasteiger partial charge in [0.1, 0.15) is 4.88 Å². The predicted molar refractivity (Wildman–Crippen MR) is 70.0 cm³/mol. The normalized spacial score (nSPS) is 17.4. The lowest BCUT2D eigenvalue weighted by atomic mass is 10.1. The molecule has 1 N–H and O–H groups in total. The Kier molecular flexibility index (Phi) is 4.00. The van der Waals surface area contributed by atoms with E-state index in [0.29, 0.717) is 6.04 Å². The molecule has 0 saturated carbocycles. The van der Waals surface area contributed by atoms with Crippen LogP contribution in [0.15, 0.2) is 15.9 Å². The summed E-state index contributed by atoms with van der Waals surface area (Å²) in [5.41, 5.74) is 0. The minimum absolute atomic E-state index is 0.133. The van der Waals surface area contributed by atoms with E-state index in [9.17, 15) is 4.79 Å². The Morgan fingerprint density at radius 1 is 1.56 bits per heavy atom. The molecule has 0 bridgehead atoms. The Morgan fingerprint density at radius 3 is 2.81 bits per heavy atom. The van der Waals surface area contributed by atoms with Gasteiger partial charge in [0, 0.05) is 17.6 Å². The van der Waals surface area contributed by atoms with Crippen LogP contribution in [-0.2, 0) is 0 Å². The highest BCUT2D eigenvalue weighted by Gasteiger charge is 2.24. The maximum Gasteiger partial charge on any atom is 0.265 e. The molecule has 1 saturated heterocycles. The number of piperidine rings is 1. The van der Waals surface area contributed by atoms with Crippen molar-refractivity contribution in [1.82, 2.24) is 10.2 Å². The first kappa shape index (κ1) is 12.1. The predicted octanol–water partition coefficient (Wildman–Crippen LogP) is 2.33. The Bertz CT molecular complexity index is 374. The van der Waals surface area contributed by atoms with Gasteiger partial charge in [-0.3, -0.25) is 4.79 Å². The van der Waals surface area contributed by atoms with Gasteiger partial charge in [-0.25, -0.2) is 0 Å². The Morgan fingerprint density at radius 2 is 2.25 bits per heavy atom. The zero-order valence-electron chi connectivity index (χ0n) is 9.20. The highest BCUT2D eigenvalue weighted by atomic mass is 79.9. The van der Waals surface area contributed by atoms with Crippen molar-refractivity contribution in [2.24, 2.45) is 0 Å². The van der Waals surface area contributed by atoms with E-state index < -0.39 is 0 Å². The number of rotatable bonds is 2. The van der Waals surface area contributed by atoms with E-state index in [0.717, 1.165) is 35.3 Å². The molecule has 5 heteroatoms. The van der Waals surface area contributed by atoms with E-state index in [-0.39, 0.29) is 5.91 Å². The van der Waals surface area contributed by atoms with Crippen LogP contribution in [0.5, 0.6) is 0 Å². The highest BCUT2D eigenvalue weighted by Crippen LogP contribution is 2.25. The van der Waals surface area contributed by atoms with Gasteiger partial charge in [0.15, 0.2) is 0 Å². The third kappa shape index (κ3) is 2.47. The Balaban J connectivity index is 2.06. The lowest BCUT2D eigenvalue weighted by Gasteiger charge is -2.31. The van der Waals surface area contributed by atoms with E-state index in [2.05, 4.69) is 21.2 Å². The molecule has 88 valence electrons. The number of nitrogens with zero attached hydrogens (tertiary/aromatic N) is 1. The molecule has 2 heterocycles. The van der Waals surface area contributed by atoms with Crippen LogP contribution in [0.25, 0.3) is 0 Å². The van der Waals surface area contributed by atoms with Crippen molar-refractivity contribution in [1.29, 1.82) is 0 Å². The third-order valence-corrected chi connectivity index (χ3v) is 4.81. The minimum atomic E-state index is 0.133. The molecule has 1 aromatic heterocycles. The van der Waals surface area contributed by atoms with E-state index in [1.165, 1.54) is 11.3 Å². The van der Waals surface area contributed by atoms with Crippen molar-refractivity contribution in [3.05, 3.63) is 20.8 Å². The van der Waals surface area contributed by atoms with Gasteiger partial charge in [0.25, 0.3) is 5.91 Å². The van der Waals surface area contributed by atoms with Crippen LogP contribution in [0.4, 0.5) is 0 Å². The van der Waals surface area contributed by atoms with Gasteiger partial charge in [-0.2, -0.15) is 0 Å². The molecular formula is C11H15BrN2OS. The second-order valence-corrected chi connectivity index (χ2v) is 5.77. The molecule has 1 amide bonds. The largest absolute Gasteiger partial charge is 0.338 e. The van der Waals surface area contributed by atoms with Gasteiger partial charge in [-0.1, -0.05) is 0 Å². The second kappa shape index (κ2) is 5.29. The van der Waals surface area contributed by atoms with Crippen molar-refractivity contribution in [3.8, 4) is 0 Å². The maximum absolute atomic E-state index is 12.2. The average molecular weight is 303 g/mol. The summed E-state index contributed by atoms with van der Waals surface area (Å²) < 4.78 is 0.906. The van der Waals surface area contributed by atoms with E-state index >= 15 is 0 Å². The van der Waals surface area contributed by atoms with Gasteiger partial charge in [0.2, 0.25) is 0 Å². The molecule has 0 atom stereocenters. The summed E-state index contributed by atoms with van der Waals surface area (Å²) in [5, 5.41) is 5.25. The topological polar surface area (TPSA) is 32.3 Å². The number of nitrogens with one attached hydrogen (secondary N) is 1. The number of thiophene rings is 1. The molecule has 1 aliphatic rings. The van der Waals surface area contributed by atoms with Gasteiger partial charge >= 0.3 is 0 Å². The number of carbonyl (C=O) groups is 1. The van der Waals surface area contributed by atoms with Gasteiger partial charge in [-0.05, 0) is 53.3 Å². The standard InChI is InChI=1S/C11H15BrN2OS/c1-14(8-2-5-13-6-3-8)11(15)10-9(12)4-7-16-10/h4,7-8,13H,2-3,5-6H2,1H3. The monoisotopic (exact) mass is 302 g/mol. The molecule has 16 heavy (non-hydrogen) atoms. The van der Waals surface area contributed by atoms with Crippen molar-refractivity contribution in [2.45, 2.75) is 18.9 Å². The number of amides is 1.